The van der Waals surface area contributed by atoms with Gasteiger partial charge in [-0.2, -0.15) is 5.10 Å². The zero-order chi connectivity index (χ0) is 24.5. The maximum Gasteiger partial charge on any atom is 0.341 e. The molecule has 0 saturated carbocycles. The molecule has 0 amide bonds. The van der Waals surface area contributed by atoms with Crippen molar-refractivity contribution in [1.82, 2.24) is 24.2 Å². The molecule has 0 unspecified atom stereocenters. The van der Waals surface area contributed by atoms with Gasteiger partial charge in [0.05, 0.1) is 36.0 Å². The van der Waals surface area contributed by atoms with Crippen LogP contribution in [0.1, 0.15) is 43.5 Å². The van der Waals surface area contributed by atoms with Crippen LogP contribution in [0.25, 0.3) is 11.0 Å². The third kappa shape index (κ3) is 6.61. The van der Waals surface area contributed by atoms with E-state index in [1.165, 1.54) is 5.52 Å². The largest absolute Gasteiger partial charge is 0.462 e. The molecule has 1 aliphatic rings. The first-order chi connectivity index (χ1) is 17.2. The Labute approximate surface area is 207 Å². The lowest BCUT2D eigenvalue weighted by Gasteiger charge is -2.24. The van der Waals surface area contributed by atoms with Gasteiger partial charge < -0.3 is 23.8 Å². The lowest BCUT2D eigenvalue weighted by molar-refractivity contribution is 0.0526. The number of rotatable bonds is 12. The summed E-state index contributed by atoms with van der Waals surface area (Å²) in [5.41, 5.74) is 2.74. The maximum absolute atomic E-state index is 11.8. The number of benzene rings is 1. The summed E-state index contributed by atoms with van der Waals surface area (Å²) < 4.78 is 14.8. The fourth-order valence-corrected chi connectivity index (χ4v) is 4.63. The Balaban J connectivity index is 1.28. The maximum atomic E-state index is 11.8. The van der Waals surface area contributed by atoms with Gasteiger partial charge in [-0.25, -0.2) is 9.78 Å². The number of imidazole rings is 1. The summed E-state index contributed by atoms with van der Waals surface area (Å²) in [7, 11) is 0. The van der Waals surface area contributed by atoms with E-state index >= 15 is 0 Å². The summed E-state index contributed by atoms with van der Waals surface area (Å²) in [4.78, 5) is 21.8. The number of hydrogen-bond donors (Lipinski definition) is 0. The molecule has 3 aromatic rings. The van der Waals surface area contributed by atoms with Gasteiger partial charge in [0, 0.05) is 45.5 Å². The Morgan fingerprint density at radius 1 is 1.00 bits per heavy atom. The average Bonchev–Trinajstić information content (AvgIpc) is 3.41. The lowest BCUT2D eigenvalue weighted by Crippen LogP contribution is -2.33. The van der Waals surface area contributed by atoms with E-state index in [-0.39, 0.29) is 5.97 Å². The van der Waals surface area contributed by atoms with E-state index in [4.69, 9.17) is 14.5 Å². The van der Waals surface area contributed by atoms with E-state index in [0.717, 1.165) is 83.1 Å². The zero-order valence-electron chi connectivity index (χ0n) is 21.1. The second-order valence-electron chi connectivity index (χ2n) is 8.85. The fraction of sp³-hybridized carbons (Fsp3) is 0.577. The van der Waals surface area contributed by atoms with Crippen molar-refractivity contribution in [1.29, 1.82) is 0 Å². The van der Waals surface area contributed by atoms with Gasteiger partial charge in [0.15, 0.2) is 0 Å². The highest BCUT2D eigenvalue weighted by Crippen LogP contribution is 2.24. The van der Waals surface area contributed by atoms with Crippen LogP contribution in [0, 0.1) is 0 Å². The van der Waals surface area contributed by atoms with Crippen LogP contribution >= 0.6 is 0 Å². The molecule has 9 nitrogen and oxygen atoms in total. The zero-order valence-corrected chi connectivity index (χ0v) is 21.1. The normalized spacial score (nSPS) is 15.0. The minimum atomic E-state index is -0.306. The SMILES string of the molecule is CCOCCn1c(N2CCCN(CCCCn3cc(C(=O)OCC)cn3)CC2)nc2ccccc21. The van der Waals surface area contributed by atoms with Gasteiger partial charge in [-0.3, -0.25) is 4.68 Å². The topological polar surface area (TPSA) is 77.7 Å². The Bertz CT molecular complexity index is 1080. The van der Waals surface area contributed by atoms with Crippen LogP contribution in [0.4, 0.5) is 5.95 Å². The molecule has 0 atom stereocenters. The number of fused-ring (bicyclic) bond motifs is 1. The van der Waals surface area contributed by atoms with Crippen molar-refractivity contribution in [2.45, 2.75) is 46.2 Å². The van der Waals surface area contributed by atoms with Crippen molar-refractivity contribution in [2.24, 2.45) is 0 Å². The smallest absolute Gasteiger partial charge is 0.341 e. The van der Waals surface area contributed by atoms with Gasteiger partial charge in [0.1, 0.15) is 0 Å². The van der Waals surface area contributed by atoms with E-state index < -0.39 is 0 Å². The van der Waals surface area contributed by atoms with Crippen LogP contribution in [0.2, 0.25) is 0 Å². The monoisotopic (exact) mass is 482 g/mol. The minimum absolute atomic E-state index is 0.306. The number of unbranched alkanes of at least 4 members (excludes halogenated alkanes) is 1. The van der Waals surface area contributed by atoms with Gasteiger partial charge in [0.2, 0.25) is 5.95 Å². The number of aryl methyl sites for hydroxylation is 1. The number of hydrogen-bond acceptors (Lipinski definition) is 7. The van der Waals surface area contributed by atoms with Crippen molar-refractivity contribution in [3.63, 3.8) is 0 Å². The Hall–Kier alpha value is -2.91. The quantitative estimate of drug-likeness (QED) is 0.289. The molecule has 4 rings (SSSR count). The van der Waals surface area contributed by atoms with Crippen LogP contribution in [0.15, 0.2) is 36.7 Å². The molecule has 1 aromatic carbocycles. The number of para-hydroxylation sites is 2. The predicted molar refractivity (Wildman–Crippen MR) is 137 cm³/mol. The lowest BCUT2D eigenvalue weighted by atomic mass is 10.2. The highest BCUT2D eigenvalue weighted by atomic mass is 16.5. The number of carbonyl (C=O) groups excluding carboxylic acids is 1. The predicted octanol–water partition coefficient (Wildman–Crippen LogP) is 3.44. The molecule has 9 heteroatoms. The fourth-order valence-electron chi connectivity index (χ4n) is 4.63. The number of ether oxygens (including phenoxy) is 2. The number of esters is 1. The number of aromatic nitrogens is 4. The average molecular weight is 483 g/mol. The summed E-state index contributed by atoms with van der Waals surface area (Å²) in [6, 6.07) is 8.37. The number of nitrogens with zero attached hydrogens (tertiary/aromatic N) is 6. The van der Waals surface area contributed by atoms with Gasteiger partial charge in [-0.05, 0) is 58.3 Å². The number of carbonyl (C=O) groups is 1. The molecule has 0 aliphatic carbocycles. The van der Waals surface area contributed by atoms with E-state index in [2.05, 4.69) is 43.7 Å². The van der Waals surface area contributed by atoms with E-state index in [1.807, 2.05) is 18.5 Å². The Morgan fingerprint density at radius 3 is 2.71 bits per heavy atom. The van der Waals surface area contributed by atoms with Gasteiger partial charge in [-0.15, -0.1) is 0 Å². The van der Waals surface area contributed by atoms with Crippen LogP contribution in [0.5, 0.6) is 0 Å². The first kappa shape index (κ1) is 25.2. The molecule has 0 N–H and O–H groups in total. The van der Waals surface area contributed by atoms with Crippen molar-refractivity contribution in [3.8, 4) is 0 Å². The third-order valence-corrected chi connectivity index (χ3v) is 6.43. The Kier molecular flexibility index (Phi) is 9.14. The molecule has 3 heterocycles. The summed E-state index contributed by atoms with van der Waals surface area (Å²) in [6.07, 6.45) is 6.61. The molecule has 35 heavy (non-hydrogen) atoms. The molecule has 0 spiro atoms. The highest BCUT2D eigenvalue weighted by molar-refractivity contribution is 5.88. The van der Waals surface area contributed by atoms with Gasteiger partial charge in [-0.1, -0.05) is 12.1 Å². The molecule has 0 bridgehead atoms. The van der Waals surface area contributed by atoms with E-state index in [0.29, 0.717) is 18.8 Å². The van der Waals surface area contributed by atoms with E-state index in [1.54, 1.807) is 12.4 Å². The summed E-state index contributed by atoms with van der Waals surface area (Å²) in [5, 5.41) is 4.29. The van der Waals surface area contributed by atoms with Gasteiger partial charge in [0.25, 0.3) is 0 Å². The summed E-state index contributed by atoms with van der Waals surface area (Å²) in [6.45, 7) is 12.5. The van der Waals surface area contributed by atoms with Gasteiger partial charge >= 0.3 is 5.97 Å². The molecule has 1 aliphatic heterocycles. The second-order valence-corrected chi connectivity index (χ2v) is 8.85. The third-order valence-electron chi connectivity index (χ3n) is 6.43. The van der Waals surface area contributed by atoms with Crippen LogP contribution in [-0.2, 0) is 22.6 Å². The van der Waals surface area contributed by atoms with Crippen molar-refractivity contribution >= 4 is 23.0 Å². The standard InChI is InChI=1S/C26H38N6O3/c1-3-34-19-18-32-24-11-6-5-10-23(24)28-26(32)30-14-9-13-29(16-17-30)12-7-8-15-31-21-22(20-27-31)25(33)35-4-2/h5-6,10-11,20-21H,3-4,7-9,12-19H2,1-2H3. The molecule has 0 radical (unpaired) electrons. The van der Waals surface area contributed by atoms with Crippen molar-refractivity contribution in [3.05, 3.63) is 42.2 Å². The first-order valence-electron chi connectivity index (χ1n) is 12.9. The molecular formula is C26H38N6O3. The first-order valence-corrected chi connectivity index (χ1v) is 12.9. The van der Waals surface area contributed by atoms with Crippen molar-refractivity contribution in [2.75, 3.05) is 57.4 Å². The van der Waals surface area contributed by atoms with Crippen molar-refractivity contribution < 1.29 is 14.3 Å². The minimum Gasteiger partial charge on any atom is -0.462 e. The highest BCUT2D eigenvalue weighted by Gasteiger charge is 2.20. The molecular weight excluding hydrogens is 444 g/mol. The van der Waals surface area contributed by atoms with Crippen LogP contribution in [0.3, 0.4) is 0 Å². The summed E-state index contributed by atoms with van der Waals surface area (Å²) in [5.74, 6) is 0.753. The molecule has 190 valence electrons. The molecule has 1 fully saturated rings. The summed E-state index contributed by atoms with van der Waals surface area (Å²) >= 11 is 0. The molecule has 2 aromatic heterocycles. The Morgan fingerprint density at radius 2 is 1.86 bits per heavy atom. The van der Waals surface area contributed by atoms with E-state index in [9.17, 15) is 4.79 Å². The number of anilines is 1. The van der Waals surface area contributed by atoms with Crippen LogP contribution in [-0.4, -0.2) is 82.7 Å². The second kappa shape index (κ2) is 12.7. The van der Waals surface area contributed by atoms with Crippen LogP contribution < -0.4 is 4.90 Å². The molecule has 1 saturated heterocycles.